The molecule has 3 nitrogen and oxygen atoms in total. The zero-order chi connectivity index (χ0) is 11.5. The number of rotatable bonds is 3. The van der Waals surface area contributed by atoms with Crippen LogP contribution in [0.5, 0.6) is 0 Å². The maximum atomic E-state index is 3.99. The van der Waals surface area contributed by atoms with Crippen molar-refractivity contribution < 1.29 is 0 Å². The van der Waals surface area contributed by atoms with Crippen molar-refractivity contribution in [2.45, 2.75) is 31.7 Å². The van der Waals surface area contributed by atoms with Gasteiger partial charge in [-0.05, 0) is 45.7 Å². The summed E-state index contributed by atoms with van der Waals surface area (Å²) in [5.41, 5.74) is 1.19. The second kappa shape index (κ2) is 5.19. The van der Waals surface area contributed by atoms with Crippen molar-refractivity contribution in [3.63, 3.8) is 0 Å². The van der Waals surface area contributed by atoms with E-state index in [1.54, 1.807) is 0 Å². The molecular formula is C13H25N3. The van der Waals surface area contributed by atoms with Gasteiger partial charge in [-0.15, -0.1) is 0 Å². The Morgan fingerprint density at radius 3 is 2.50 bits per heavy atom. The number of hydrogen-bond acceptors (Lipinski definition) is 3. The average molecular weight is 223 g/mol. The molecule has 0 bridgehead atoms. The van der Waals surface area contributed by atoms with E-state index in [2.05, 4.69) is 35.8 Å². The monoisotopic (exact) mass is 223 g/mol. The van der Waals surface area contributed by atoms with Crippen LogP contribution in [0.15, 0.2) is 12.3 Å². The van der Waals surface area contributed by atoms with E-state index in [-0.39, 0.29) is 0 Å². The van der Waals surface area contributed by atoms with Crippen LogP contribution in [-0.2, 0) is 0 Å². The molecule has 0 atom stereocenters. The molecule has 0 amide bonds. The van der Waals surface area contributed by atoms with Crippen molar-refractivity contribution in [2.24, 2.45) is 5.92 Å². The summed E-state index contributed by atoms with van der Waals surface area (Å²) in [6.07, 6.45) is 5.53. The summed E-state index contributed by atoms with van der Waals surface area (Å²) in [4.78, 5) is 4.87. The molecule has 1 aliphatic carbocycles. The highest BCUT2D eigenvalue weighted by Crippen LogP contribution is 2.28. The first kappa shape index (κ1) is 11.9. The fraction of sp³-hybridized carbons (Fsp3) is 0.846. The zero-order valence-corrected chi connectivity index (χ0v) is 10.7. The summed E-state index contributed by atoms with van der Waals surface area (Å²) in [5.74, 6) is 0.921. The third-order valence-corrected chi connectivity index (χ3v) is 3.88. The molecule has 2 aliphatic rings. The SMILES string of the molecule is C=C1CN(C2CCC(CN(C)C)CC2)CN1. The third-order valence-electron chi connectivity index (χ3n) is 3.88. The number of nitrogens with one attached hydrogen (secondary N) is 1. The minimum atomic E-state index is 0.796. The highest BCUT2D eigenvalue weighted by atomic mass is 15.3. The van der Waals surface area contributed by atoms with Gasteiger partial charge in [-0.25, -0.2) is 0 Å². The molecule has 1 saturated carbocycles. The summed E-state index contributed by atoms with van der Waals surface area (Å²) >= 11 is 0. The Balaban J connectivity index is 1.74. The lowest BCUT2D eigenvalue weighted by atomic mass is 9.85. The molecule has 1 heterocycles. The minimum absolute atomic E-state index is 0.796. The molecule has 2 fully saturated rings. The van der Waals surface area contributed by atoms with Crippen LogP contribution < -0.4 is 5.32 Å². The van der Waals surface area contributed by atoms with Gasteiger partial charge >= 0.3 is 0 Å². The van der Waals surface area contributed by atoms with Crippen molar-refractivity contribution in [3.05, 3.63) is 12.3 Å². The second-order valence-corrected chi connectivity index (χ2v) is 5.62. The maximum absolute atomic E-state index is 3.99. The third kappa shape index (κ3) is 2.98. The molecule has 1 saturated heterocycles. The first-order valence-corrected chi connectivity index (χ1v) is 6.45. The molecule has 2 rings (SSSR count). The summed E-state index contributed by atoms with van der Waals surface area (Å²) in [7, 11) is 4.36. The van der Waals surface area contributed by atoms with Crippen LogP contribution in [0.1, 0.15) is 25.7 Å². The van der Waals surface area contributed by atoms with Gasteiger partial charge in [-0.3, -0.25) is 4.90 Å². The molecule has 1 aliphatic heterocycles. The lowest BCUT2D eigenvalue weighted by molar-refractivity contribution is 0.150. The highest BCUT2D eigenvalue weighted by Gasteiger charge is 2.28. The molecular weight excluding hydrogens is 198 g/mol. The fourth-order valence-electron chi connectivity index (χ4n) is 3.04. The molecule has 92 valence electrons. The van der Waals surface area contributed by atoms with Crippen molar-refractivity contribution in [3.8, 4) is 0 Å². The molecule has 16 heavy (non-hydrogen) atoms. The summed E-state index contributed by atoms with van der Waals surface area (Å²) in [5, 5.41) is 3.33. The van der Waals surface area contributed by atoms with Gasteiger partial charge in [0.2, 0.25) is 0 Å². The van der Waals surface area contributed by atoms with Crippen LogP contribution in [0, 0.1) is 5.92 Å². The van der Waals surface area contributed by atoms with Gasteiger partial charge in [0.25, 0.3) is 0 Å². The Labute approximate surface area is 99.5 Å². The average Bonchev–Trinajstić information content (AvgIpc) is 2.65. The van der Waals surface area contributed by atoms with Crippen LogP contribution in [0.4, 0.5) is 0 Å². The summed E-state index contributed by atoms with van der Waals surface area (Å²) in [6.45, 7) is 7.33. The Hall–Kier alpha value is -0.540. The molecule has 1 N–H and O–H groups in total. The van der Waals surface area contributed by atoms with Crippen LogP contribution in [-0.4, -0.2) is 49.7 Å². The van der Waals surface area contributed by atoms with E-state index in [4.69, 9.17) is 0 Å². The van der Waals surface area contributed by atoms with E-state index in [0.717, 1.165) is 25.2 Å². The normalized spacial score (nSPS) is 32.1. The Bertz CT molecular complexity index is 242. The quantitative estimate of drug-likeness (QED) is 0.782. The molecule has 0 aromatic heterocycles. The van der Waals surface area contributed by atoms with Crippen molar-refractivity contribution in [1.82, 2.24) is 15.1 Å². The Morgan fingerprint density at radius 1 is 1.31 bits per heavy atom. The number of hydrogen-bond donors (Lipinski definition) is 1. The molecule has 0 aromatic carbocycles. The van der Waals surface area contributed by atoms with E-state index in [9.17, 15) is 0 Å². The van der Waals surface area contributed by atoms with Gasteiger partial charge in [0.1, 0.15) is 0 Å². The largest absolute Gasteiger partial charge is 0.375 e. The topological polar surface area (TPSA) is 18.5 Å². The van der Waals surface area contributed by atoms with Gasteiger partial charge in [0, 0.05) is 24.8 Å². The van der Waals surface area contributed by atoms with E-state index >= 15 is 0 Å². The predicted molar refractivity (Wildman–Crippen MR) is 68.1 cm³/mol. The van der Waals surface area contributed by atoms with Gasteiger partial charge in [0.05, 0.1) is 6.67 Å². The van der Waals surface area contributed by atoms with Crippen LogP contribution >= 0.6 is 0 Å². The van der Waals surface area contributed by atoms with E-state index in [1.807, 2.05) is 0 Å². The van der Waals surface area contributed by atoms with Crippen molar-refractivity contribution >= 4 is 0 Å². The van der Waals surface area contributed by atoms with E-state index in [0.29, 0.717) is 0 Å². The van der Waals surface area contributed by atoms with Gasteiger partial charge < -0.3 is 10.2 Å². The first-order valence-electron chi connectivity index (χ1n) is 6.45. The molecule has 3 heteroatoms. The molecule has 0 spiro atoms. The molecule has 0 unspecified atom stereocenters. The lowest BCUT2D eigenvalue weighted by Gasteiger charge is -2.34. The maximum Gasteiger partial charge on any atom is 0.0681 e. The Morgan fingerprint density at radius 2 is 2.00 bits per heavy atom. The smallest absolute Gasteiger partial charge is 0.0681 e. The molecule has 0 radical (unpaired) electrons. The summed E-state index contributed by atoms with van der Waals surface area (Å²) < 4.78 is 0. The van der Waals surface area contributed by atoms with Crippen LogP contribution in [0.3, 0.4) is 0 Å². The zero-order valence-electron chi connectivity index (χ0n) is 10.7. The van der Waals surface area contributed by atoms with Gasteiger partial charge in [-0.2, -0.15) is 0 Å². The van der Waals surface area contributed by atoms with Crippen LogP contribution in [0.25, 0.3) is 0 Å². The second-order valence-electron chi connectivity index (χ2n) is 5.62. The van der Waals surface area contributed by atoms with Gasteiger partial charge in [-0.1, -0.05) is 6.58 Å². The van der Waals surface area contributed by atoms with E-state index < -0.39 is 0 Å². The van der Waals surface area contributed by atoms with Crippen molar-refractivity contribution in [1.29, 1.82) is 0 Å². The van der Waals surface area contributed by atoms with E-state index in [1.165, 1.54) is 37.9 Å². The lowest BCUT2D eigenvalue weighted by Crippen LogP contribution is -2.38. The van der Waals surface area contributed by atoms with Gasteiger partial charge in [0.15, 0.2) is 0 Å². The fourth-order valence-corrected chi connectivity index (χ4v) is 3.04. The standard InChI is InChI=1S/C13H25N3/c1-11-8-16(10-14-11)13-6-4-12(5-7-13)9-15(2)3/h12-14H,1,4-10H2,2-3H3. The van der Waals surface area contributed by atoms with Crippen LogP contribution in [0.2, 0.25) is 0 Å². The predicted octanol–water partition coefficient (Wildman–Crippen LogP) is 1.48. The first-order chi connectivity index (χ1) is 7.65. The Kier molecular flexibility index (Phi) is 3.87. The van der Waals surface area contributed by atoms with Crippen molar-refractivity contribution in [2.75, 3.05) is 33.9 Å². The summed E-state index contributed by atoms with van der Waals surface area (Å²) in [6, 6.07) is 0.796. The molecule has 0 aromatic rings. The highest BCUT2D eigenvalue weighted by molar-refractivity contribution is 5.01. The number of nitrogens with zero attached hydrogens (tertiary/aromatic N) is 2. The minimum Gasteiger partial charge on any atom is -0.375 e.